The zero-order valence-corrected chi connectivity index (χ0v) is 11.0. The lowest BCUT2D eigenvalue weighted by Gasteiger charge is -2.09. The van der Waals surface area contributed by atoms with Crippen molar-refractivity contribution in [2.75, 3.05) is 12.4 Å². The molecule has 0 unspecified atom stereocenters. The minimum absolute atomic E-state index is 0.194. The maximum Gasteiger partial charge on any atom is 0.248 e. The van der Waals surface area contributed by atoms with E-state index in [2.05, 4.69) is 5.32 Å². The molecule has 0 atom stereocenters. The number of carbonyl (C=O) groups excluding carboxylic acids is 1. The summed E-state index contributed by atoms with van der Waals surface area (Å²) in [7, 11) is 1.42. The summed E-state index contributed by atoms with van der Waals surface area (Å²) in [5, 5.41) is 3.15. The van der Waals surface area contributed by atoms with Gasteiger partial charge in [-0.3, -0.25) is 4.79 Å². The molecule has 3 N–H and O–H groups in total. The third kappa shape index (κ3) is 3.26. The number of hydrogen-bond acceptors (Lipinski definition) is 3. The second-order valence-corrected chi connectivity index (χ2v) is 4.26. The highest BCUT2D eigenvalue weighted by molar-refractivity contribution is 5.92. The van der Waals surface area contributed by atoms with Crippen molar-refractivity contribution in [3.63, 3.8) is 0 Å². The van der Waals surface area contributed by atoms with E-state index in [0.717, 1.165) is 11.3 Å². The van der Waals surface area contributed by atoms with E-state index in [1.54, 1.807) is 24.3 Å². The molecule has 104 valence electrons. The number of anilines is 1. The normalized spacial score (nSPS) is 10.1. The van der Waals surface area contributed by atoms with E-state index in [1.165, 1.54) is 13.2 Å². The predicted octanol–water partition coefficient (Wildman–Crippen LogP) is 2.55. The van der Waals surface area contributed by atoms with Gasteiger partial charge in [-0.2, -0.15) is 0 Å². The maximum atomic E-state index is 13.3. The van der Waals surface area contributed by atoms with Crippen LogP contribution in [0.15, 0.2) is 42.5 Å². The summed E-state index contributed by atoms with van der Waals surface area (Å²) in [6.45, 7) is 0.549. The number of carbonyl (C=O) groups is 1. The van der Waals surface area contributed by atoms with Crippen molar-refractivity contribution < 1.29 is 13.9 Å². The van der Waals surface area contributed by atoms with Gasteiger partial charge in [0.1, 0.15) is 0 Å². The number of primary amides is 1. The smallest absolute Gasteiger partial charge is 0.248 e. The number of nitrogens with two attached hydrogens (primary N) is 1. The number of methoxy groups -OCH3 is 1. The fourth-order valence-electron chi connectivity index (χ4n) is 1.76. The van der Waals surface area contributed by atoms with Crippen LogP contribution in [0.2, 0.25) is 0 Å². The lowest BCUT2D eigenvalue weighted by atomic mass is 10.1. The SMILES string of the molecule is COc1cc(NCc2ccc(C(N)=O)cc2)ccc1F. The highest BCUT2D eigenvalue weighted by Crippen LogP contribution is 2.21. The Kier molecular flexibility index (Phi) is 4.20. The first kappa shape index (κ1) is 13.9. The van der Waals surface area contributed by atoms with Gasteiger partial charge in [-0.1, -0.05) is 12.1 Å². The van der Waals surface area contributed by atoms with Crippen molar-refractivity contribution in [2.45, 2.75) is 6.54 Å². The Hall–Kier alpha value is -2.56. The zero-order valence-electron chi connectivity index (χ0n) is 11.0. The molecule has 0 fully saturated rings. The van der Waals surface area contributed by atoms with E-state index in [4.69, 9.17) is 10.5 Å². The van der Waals surface area contributed by atoms with Gasteiger partial charge in [0.15, 0.2) is 11.6 Å². The molecule has 0 aliphatic rings. The Morgan fingerprint density at radius 1 is 1.25 bits per heavy atom. The van der Waals surface area contributed by atoms with Crippen LogP contribution in [0.5, 0.6) is 5.75 Å². The van der Waals surface area contributed by atoms with Crippen LogP contribution in [0.25, 0.3) is 0 Å². The molecular formula is C15H15FN2O2. The fraction of sp³-hybridized carbons (Fsp3) is 0.133. The van der Waals surface area contributed by atoms with E-state index >= 15 is 0 Å². The van der Waals surface area contributed by atoms with Crippen LogP contribution in [0, 0.1) is 5.82 Å². The van der Waals surface area contributed by atoms with Gasteiger partial charge in [0, 0.05) is 23.9 Å². The molecule has 5 heteroatoms. The summed E-state index contributed by atoms with van der Waals surface area (Å²) >= 11 is 0. The van der Waals surface area contributed by atoms with Gasteiger partial charge in [0.05, 0.1) is 7.11 Å². The standard InChI is InChI=1S/C15H15FN2O2/c1-20-14-8-12(6-7-13(14)16)18-9-10-2-4-11(5-3-10)15(17)19/h2-8,18H,9H2,1H3,(H2,17,19). The summed E-state index contributed by atoms with van der Waals surface area (Å²) in [6.07, 6.45) is 0. The average Bonchev–Trinajstić information content (AvgIpc) is 2.46. The van der Waals surface area contributed by atoms with Gasteiger partial charge < -0.3 is 15.8 Å². The van der Waals surface area contributed by atoms with Crippen LogP contribution in [-0.4, -0.2) is 13.0 Å². The van der Waals surface area contributed by atoms with Crippen LogP contribution in [0.4, 0.5) is 10.1 Å². The third-order valence-corrected chi connectivity index (χ3v) is 2.89. The third-order valence-electron chi connectivity index (χ3n) is 2.89. The summed E-state index contributed by atoms with van der Waals surface area (Å²) in [6, 6.07) is 11.5. The summed E-state index contributed by atoms with van der Waals surface area (Å²) in [5.74, 6) is -0.657. The molecule has 0 saturated carbocycles. The molecule has 0 aliphatic carbocycles. The molecule has 4 nitrogen and oxygen atoms in total. The van der Waals surface area contributed by atoms with Gasteiger partial charge >= 0.3 is 0 Å². The van der Waals surface area contributed by atoms with E-state index in [9.17, 15) is 9.18 Å². The number of hydrogen-bond donors (Lipinski definition) is 2. The molecule has 0 saturated heterocycles. The number of ether oxygens (including phenoxy) is 1. The molecular weight excluding hydrogens is 259 g/mol. The number of rotatable bonds is 5. The van der Waals surface area contributed by atoms with Crippen molar-refractivity contribution >= 4 is 11.6 Å². The van der Waals surface area contributed by atoms with Crippen molar-refractivity contribution in [1.82, 2.24) is 0 Å². The van der Waals surface area contributed by atoms with Crippen molar-refractivity contribution in [3.05, 3.63) is 59.4 Å². The van der Waals surface area contributed by atoms with Gasteiger partial charge in [-0.25, -0.2) is 4.39 Å². The molecule has 0 bridgehead atoms. The van der Waals surface area contributed by atoms with Crippen molar-refractivity contribution in [3.8, 4) is 5.75 Å². The first-order valence-corrected chi connectivity index (χ1v) is 6.06. The fourth-order valence-corrected chi connectivity index (χ4v) is 1.76. The Balaban J connectivity index is 2.03. The number of amides is 1. The minimum atomic E-state index is -0.451. The molecule has 2 rings (SSSR count). The summed E-state index contributed by atoms with van der Waals surface area (Å²) in [4.78, 5) is 11.0. The molecule has 2 aromatic rings. The van der Waals surface area contributed by atoms with E-state index in [-0.39, 0.29) is 5.75 Å². The number of benzene rings is 2. The second kappa shape index (κ2) is 6.06. The average molecular weight is 274 g/mol. The van der Waals surface area contributed by atoms with Gasteiger partial charge in [0.2, 0.25) is 5.91 Å². The van der Waals surface area contributed by atoms with Crippen LogP contribution in [0.1, 0.15) is 15.9 Å². The van der Waals surface area contributed by atoms with E-state index in [0.29, 0.717) is 12.1 Å². The molecule has 2 aromatic carbocycles. The highest BCUT2D eigenvalue weighted by Gasteiger charge is 2.04. The van der Waals surface area contributed by atoms with Crippen LogP contribution in [0.3, 0.4) is 0 Å². The molecule has 1 amide bonds. The van der Waals surface area contributed by atoms with Crippen LogP contribution in [-0.2, 0) is 6.54 Å². The topological polar surface area (TPSA) is 64.3 Å². The maximum absolute atomic E-state index is 13.3. The summed E-state index contributed by atoms with van der Waals surface area (Å²) < 4.78 is 18.2. The first-order valence-electron chi connectivity index (χ1n) is 6.06. The molecule has 0 spiro atoms. The van der Waals surface area contributed by atoms with Gasteiger partial charge in [-0.15, -0.1) is 0 Å². The Morgan fingerprint density at radius 3 is 2.55 bits per heavy atom. The molecule has 0 aliphatic heterocycles. The van der Waals surface area contributed by atoms with E-state index in [1.807, 2.05) is 12.1 Å². The van der Waals surface area contributed by atoms with Gasteiger partial charge in [0.25, 0.3) is 0 Å². The molecule has 20 heavy (non-hydrogen) atoms. The number of halogens is 1. The molecule has 0 aromatic heterocycles. The predicted molar refractivity (Wildman–Crippen MR) is 75.2 cm³/mol. The summed E-state index contributed by atoms with van der Waals surface area (Å²) in [5.41, 5.74) is 7.38. The Morgan fingerprint density at radius 2 is 1.95 bits per heavy atom. The second-order valence-electron chi connectivity index (χ2n) is 4.26. The van der Waals surface area contributed by atoms with E-state index < -0.39 is 11.7 Å². The van der Waals surface area contributed by atoms with Gasteiger partial charge in [-0.05, 0) is 29.8 Å². The quantitative estimate of drug-likeness (QED) is 0.880. The first-order chi connectivity index (χ1) is 9.60. The highest BCUT2D eigenvalue weighted by atomic mass is 19.1. The molecule has 0 radical (unpaired) electrons. The molecule has 0 heterocycles. The van der Waals surface area contributed by atoms with Crippen molar-refractivity contribution in [1.29, 1.82) is 0 Å². The monoisotopic (exact) mass is 274 g/mol. The lowest BCUT2D eigenvalue weighted by molar-refractivity contribution is 0.100. The Labute approximate surface area is 116 Å². The lowest BCUT2D eigenvalue weighted by Crippen LogP contribution is -2.10. The minimum Gasteiger partial charge on any atom is -0.494 e. The number of nitrogens with one attached hydrogen (secondary N) is 1. The largest absolute Gasteiger partial charge is 0.494 e. The van der Waals surface area contributed by atoms with Crippen LogP contribution >= 0.6 is 0 Å². The Bertz CT molecular complexity index is 612. The zero-order chi connectivity index (χ0) is 14.5. The van der Waals surface area contributed by atoms with Crippen molar-refractivity contribution in [2.24, 2.45) is 5.73 Å². The van der Waals surface area contributed by atoms with Crippen LogP contribution < -0.4 is 15.8 Å².